The Morgan fingerprint density at radius 3 is 1.89 bits per heavy atom. The number of hydroxylamine groups is 6. The molecule has 0 spiro atoms. The van der Waals surface area contributed by atoms with Crippen molar-refractivity contribution in [3.05, 3.63) is 29.8 Å². The summed E-state index contributed by atoms with van der Waals surface area (Å²) >= 11 is 10.8. The maximum absolute atomic E-state index is 12.2. The number of hydrogen-bond donors (Lipinski definition) is 6. The fourth-order valence-corrected chi connectivity index (χ4v) is 4.36. The normalized spacial score (nSPS) is 10.6. The number of benzene rings is 1. The third-order valence-corrected chi connectivity index (χ3v) is 7.76. The van der Waals surface area contributed by atoms with Crippen LogP contribution in [0.15, 0.2) is 24.3 Å². The van der Waals surface area contributed by atoms with Crippen molar-refractivity contribution in [2.75, 3.05) is 31.6 Å². The Morgan fingerprint density at radius 1 is 0.723 bits per heavy atom. The predicted molar refractivity (Wildman–Crippen MR) is 183 cm³/mol. The zero-order valence-corrected chi connectivity index (χ0v) is 29.0. The van der Waals surface area contributed by atoms with E-state index < -0.39 is 30.3 Å². The molecule has 0 aliphatic heterocycles. The molecular formula is C31H48N6O8S2. The highest BCUT2D eigenvalue weighted by molar-refractivity contribution is 7.80. The highest BCUT2D eigenvalue weighted by Gasteiger charge is 2.16. The molecule has 0 saturated heterocycles. The van der Waals surface area contributed by atoms with Crippen LogP contribution in [0.25, 0.3) is 0 Å². The first-order valence-corrected chi connectivity index (χ1v) is 16.4. The van der Waals surface area contributed by atoms with Gasteiger partial charge in [-0.05, 0) is 54.7 Å². The molecule has 0 fully saturated rings. The van der Waals surface area contributed by atoms with Crippen LogP contribution in [0.2, 0.25) is 0 Å². The summed E-state index contributed by atoms with van der Waals surface area (Å²) in [6, 6.07) is 7.81. The van der Waals surface area contributed by atoms with E-state index in [-0.39, 0.29) is 55.7 Å². The van der Waals surface area contributed by atoms with Crippen LogP contribution in [-0.2, 0) is 30.4 Å². The molecule has 0 atom stereocenters. The third kappa shape index (κ3) is 19.0. The summed E-state index contributed by atoms with van der Waals surface area (Å²) in [6.07, 6.45) is 2.43. The van der Waals surface area contributed by atoms with Crippen molar-refractivity contribution in [2.24, 2.45) is 5.92 Å². The first kappa shape index (κ1) is 41.5. The highest BCUT2D eigenvalue weighted by Crippen LogP contribution is 2.14. The van der Waals surface area contributed by atoms with Crippen LogP contribution >= 0.6 is 24.4 Å². The van der Waals surface area contributed by atoms with Gasteiger partial charge in [-0.3, -0.25) is 39.6 Å². The topological polar surface area (TPSA) is 192 Å². The number of nitrogens with zero attached hydrogens (tertiary/aromatic N) is 3. The summed E-state index contributed by atoms with van der Waals surface area (Å²) in [5.41, 5.74) is 1.95. The fourth-order valence-electron chi connectivity index (χ4n) is 3.93. The second-order valence-electron chi connectivity index (χ2n) is 11.3. The number of carbonyl (C=O) groups is 5. The minimum absolute atomic E-state index is 0.0478. The summed E-state index contributed by atoms with van der Waals surface area (Å²) in [6.45, 7) is 5.38. The first-order chi connectivity index (χ1) is 22.2. The van der Waals surface area contributed by atoms with E-state index in [1.165, 1.54) is 6.92 Å². The van der Waals surface area contributed by atoms with Gasteiger partial charge in [-0.1, -0.05) is 50.4 Å². The van der Waals surface area contributed by atoms with Gasteiger partial charge in [-0.2, -0.15) is 0 Å². The van der Waals surface area contributed by atoms with E-state index in [1.54, 1.807) is 0 Å². The van der Waals surface area contributed by atoms with Crippen molar-refractivity contribution >= 4 is 69.5 Å². The van der Waals surface area contributed by atoms with Crippen LogP contribution < -0.4 is 16.0 Å². The van der Waals surface area contributed by atoms with Gasteiger partial charge >= 0.3 is 0 Å². The number of carbonyl (C=O) groups excluding carboxylic acids is 5. The molecule has 262 valence electrons. The van der Waals surface area contributed by atoms with Crippen LogP contribution in [0, 0.1) is 5.92 Å². The molecule has 0 aliphatic rings. The van der Waals surface area contributed by atoms with E-state index in [4.69, 9.17) is 24.4 Å². The molecule has 14 nitrogen and oxygen atoms in total. The van der Waals surface area contributed by atoms with E-state index >= 15 is 0 Å². The fraction of sp³-hybridized carbons (Fsp3) is 0.581. The first-order valence-electron chi connectivity index (χ1n) is 15.6. The van der Waals surface area contributed by atoms with Gasteiger partial charge in [0.15, 0.2) is 0 Å². The molecule has 0 radical (unpaired) electrons. The van der Waals surface area contributed by atoms with Crippen LogP contribution in [0.1, 0.15) is 84.1 Å². The summed E-state index contributed by atoms with van der Waals surface area (Å²) in [4.78, 5) is 60.7. The lowest BCUT2D eigenvalue weighted by molar-refractivity contribution is -0.169. The maximum Gasteiger partial charge on any atom is 0.248 e. The van der Waals surface area contributed by atoms with Crippen molar-refractivity contribution in [1.29, 1.82) is 0 Å². The largest absolute Gasteiger partial charge is 0.356 e. The standard InChI is InChI=1S/C31H48N6O8S2/c1-22(2)31(47)34-25-11-9-24(10-12-25)20-26(46)8-7-19-36(44)29(41)15-14-28(40)33-21-37(45)30(42)16-13-27(39)32-17-5-4-6-18-35(43)23(3)38/h9-12,22,43-45H,4-8,13-21H2,1-3H3,(H,32,39)(H,33,40)(H,34,47). The van der Waals surface area contributed by atoms with Crippen LogP contribution in [0.5, 0.6) is 0 Å². The van der Waals surface area contributed by atoms with Gasteiger partial charge in [0.1, 0.15) is 6.67 Å². The number of anilines is 1. The number of rotatable bonds is 22. The summed E-state index contributed by atoms with van der Waals surface area (Å²) in [5, 5.41) is 38.8. The lowest BCUT2D eigenvalue weighted by Crippen LogP contribution is -2.40. The van der Waals surface area contributed by atoms with Gasteiger partial charge in [-0.25, -0.2) is 15.2 Å². The average molecular weight is 697 g/mol. The SMILES string of the molecule is CC(=O)N(O)CCCCCNC(=O)CCC(=O)N(O)CNC(=O)CCC(=O)N(O)CCCC(=S)Cc1ccc(NC(=S)C(C)C)cc1. The lowest BCUT2D eigenvalue weighted by Gasteiger charge is -2.17. The number of hydrogen-bond acceptors (Lipinski definition) is 10. The van der Waals surface area contributed by atoms with E-state index in [0.717, 1.165) is 21.1 Å². The second kappa shape index (κ2) is 22.9. The Labute approximate surface area is 286 Å². The molecule has 0 unspecified atom stereocenters. The molecular weight excluding hydrogens is 649 g/mol. The molecule has 0 saturated carbocycles. The molecule has 0 aromatic heterocycles. The number of unbranched alkanes of at least 4 members (excludes halogenated alkanes) is 2. The molecule has 5 amide bonds. The highest BCUT2D eigenvalue weighted by atomic mass is 32.1. The molecule has 0 bridgehead atoms. The zero-order chi connectivity index (χ0) is 35.4. The molecule has 0 aliphatic carbocycles. The summed E-state index contributed by atoms with van der Waals surface area (Å²) in [5.74, 6) is -2.62. The van der Waals surface area contributed by atoms with Crippen LogP contribution in [0.4, 0.5) is 5.69 Å². The van der Waals surface area contributed by atoms with Crippen molar-refractivity contribution < 1.29 is 39.6 Å². The minimum atomic E-state index is -0.774. The van der Waals surface area contributed by atoms with Crippen molar-refractivity contribution in [1.82, 2.24) is 25.8 Å². The van der Waals surface area contributed by atoms with Gasteiger partial charge in [0.2, 0.25) is 29.5 Å². The van der Waals surface area contributed by atoms with Crippen molar-refractivity contribution in [3.8, 4) is 0 Å². The second-order valence-corrected chi connectivity index (χ2v) is 12.3. The average Bonchev–Trinajstić information content (AvgIpc) is 3.03. The molecule has 1 aromatic rings. The zero-order valence-electron chi connectivity index (χ0n) is 27.3. The van der Waals surface area contributed by atoms with E-state index in [0.29, 0.717) is 55.2 Å². The molecule has 0 heterocycles. The Morgan fingerprint density at radius 2 is 1.30 bits per heavy atom. The van der Waals surface area contributed by atoms with Crippen molar-refractivity contribution in [2.45, 2.75) is 85.0 Å². The summed E-state index contributed by atoms with van der Waals surface area (Å²) < 4.78 is 0. The Hall–Kier alpha value is -3.57. The van der Waals surface area contributed by atoms with Crippen LogP contribution in [0.3, 0.4) is 0 Å². The monoisotopic (exact) mass is 696 g/mol. The maximum atomic E-state index is 12.2. The molecule has 1 rings (SSSR count). The molecule has 16 heteroatoms. The van der Waals surface area contributed by atoms with Gasteiger partial charge in [0, 0.05) is 70.3 Å². The third-order valence-electron chi connectivity index (χ3n) is 6.84. The number of amides is 5. The van der Waals surface area contributed by atoms with Gasteiger partial charge < -0.3 is 16.0 Å². The number of nitrogens with one attached hydrogen (secondary N) is 3. The molecule has 1 aromatic carbocycles. The van der Waals surface area contributed by atoms with Gasteiger partial charge in [0.05, 0.1) is 4.99 Å². The molecule has 47 heavy (non-hydrogen) atoms. The van der Waals surface area contributed by atoms with Gasteiger partial charge in [0.25, 0.3) is 0 Å². The molecule has 6 N–H and O–H groups in total. The van der Waals surface area contributed by atoms with E-state index in [2.05, 4.69) is 16.0 Å². The van der Waals surface area contributed by atoms with Crippen LogP contribution in [-0.4, -0.2) is 96.5 Å². The Balaban J connectivity index is 2.18. The lowest BCUT2D eigenvalue weighted by atomic mass is 10.1. The van der Waals surface area contributed by atoms with E-state index in [9.17, 15) is 39.6 Å². The number of thiocarbonyl (C=S) groups is 2. The Kier molecular flexibility index (Phi) is 20.2. The predicted octanol–water partition coefficient (Wildman–Crippen LogP) is 3.37. The summed E-state index contributed by atoms with van der Waals surface area (Å²) in [7, 11) is 0. The van der Waals surface area contributed by atoms with Crippen molar-refractivity contribution in [3.63, 3.8) is 0 Å². The minimum Gasteiger partial charge on any atom is -0.356 e. The van der Waals surface area contributed by atoms with E-state index in [1.807, 2.05) is 38.1 Å². The smallest absolute Gasteiger partial charge is 0.248 e. The Bertz CT molecular complexity index is 1210. The van der Waals surface area contributed by atoms with Gasteiger partial charge in [-0.15, -0.1) is 0 Å². The quantitative estimate of drug-likeness (QED) is 0.0343.